The van der Waals surface area contributed by atoms with Gasteiger partial charge in [0, 0.05) is 31.6 Å². The highest BCUT2D eigenvalue weighted by Gasteiger charge is 2.53. The quantitative estimate of drug-likeness (QED) is 0.235. The van der Waals surface area contributed by atoms with Crippen molar-refractivity contribution in [3.05, 3.63) is 102 Å². The maximum Gasteiger partial charge on any atom is 0.306 e. The summed E-state index contributed by atoms with van der Waals surface area (Å²) in [4.78, 5) is 31.9. The Kier molecular flexibility index (Phi) is 9.78. The summed E-state index contributed by atoms with van der Waals surface area (Å²) in [6.45, 7) is 6.20. The lowest BCUT2D eigenvalue weighted by atomic mass is 9.83. The van der Waals surface area contributed by atoms with Crippen LogP contribution >= 0.6 is 0 Å². The fourth-order valence-electron chi connectivity index (χ4n) is 4.61. The highest BCUT2D eigenvalue weighted by Crippen LogP contribution is 2.43. The van der Waals surface area contributed by atoms with Gasteiger partial charge in [-0.3, -0.25) is 9.59 Å². The molecule has 41 heavy (non-hydrogen) atoms. The van der Waals surface area contributed by atoms with Crippen LogP contribution in [0.5, 0.6) is 5.75 Å². The van der Waals surface area contributed by atoms with Crippen molar-refractivity contribution in [1.82, 2.24) is 5.32 Å². The first kappa shape index (κ1) is 29.8. The zero-order valence-corrected chi connectivity index (χ0v) is 23.8. The summed E-state index contributed by atoms with van der Waals surface area (Å²) in [7, 11) is 0. The Morgan fingerprint density at radius 1 is 0.976 bits per heavy atom. The summed E-state index contributed by atoms with van der Waals surface area (Å²) >= 11 is 0. The third-order valence-electron chi connectivity index (χ3n) is 6.56. The largest absolute Gasteiger partial charge is 0.494 e. The van der Waals surface area contributed by atoms with Gasteiger partial charge in [-0.2, -0.15) is 0 Å². The van der Waals surface area contributed by atoms with E-state index in [4.69, 9.17) is 24.3 Å². The second-order valence-corrected chi connectivity index (χ2v) is 11.0. The number of rotatable bonds is 12. The normalized spacial score (nSPS) is 18.2. The number of esters is 1. The fourth-order valence-corrected chi connectivity index (χ4v) is 4.61. The fraction of sp³-hybridized carbons (Fsp3) is 0.364. The number of carbonyl (C=O) groups is 2. The van der Waals surface area contributed by atoms with E-state index in [0.717, 1.165) is 11.1 Å². The van der Waals surface area contributed by atoms with Crippen LogP contribution in [0.25, 0.3) is 0 Å². The number of aliphatic hydroxyl groups is 1. The standard InChI is InChI=1S/C33H38N2O6/c1-32(2,3)41-28(37)19-20-33(31(38)34-23-24-11-6-4-7-12-24)29(25-13-8-5-9-14-25)40-30(35-33)26-15-17-27(18-16-26)39-22-10-21-36/h4-9,11-18,29,36H,10,19-23H2,1-3H3,(H,34,38)/t29-,33-/m0/s1. The number of nitrogens with one attached hydrogen (secondary N) is 1. The molecule has 0 fully saturated rings. The highest BCUT2D eigenvalue weighted by molar-refractivity contribution is 6.01. The lowest BCUT2D eigenvalue weighted by Crippen LogP contribution is -2.48. The van der Waals surface area contributed by atoms with Crippen LogP contribution in [0.3, 0.4) is 0 Å². The van der Waals surface area contributed by atoms with Gasteiger partial charge in [-0.15, -0.1) is 0 Å². The minimum Gasteiger partial charge on any atom is -0.494 e. The van der Waals surface area contributed by atoms with E-state index in [1.54, 1.807) is 12.1 Å². The zero-order chi connectivity index (χ0) is 29.3. The second kappa shape index (κ2) is 13.5. The number of hydrogen-bond donors (Lipinski definition) is 2. The van der Waals surface area contributed by atoms with E-state index in [-0.39, 0.29) is 25.4 Å². The summed E-state index contributed by atoms with van der Waals surface area (Å²) in [5.41, 5.74) is 0.322. The Bertz CT molecular complexity index is 1320. The van der Waals surface area contributed by atoms with Gasteiger partial charge in [-0.25, -0.2) is 4.99 Å². The molecule has 1 aliphatic rings. The molecule has 0 saturated heterocycles. The molecule has 8 heteroatoms. The molecule has 0 saturated carbocycles. The Balaban J connectivity index is 1.69. The van der Waals surface area contributed by atoms with Crippen molar-refractivity contribution >= 4 is 17.8 Å². The van der Waals surface area contributed by atoms with Crippen LogP contribution in [-0.4, -0.2) is 47.2 Å². The van der Waals surface area contributed by atoms with Crippen molar-refractivity contribution in [3.8, 4) is 5.75 Å². The number of aliphatic imine (C=N–C) groups is 1. The van der Waals surface area contributed by atoms with E-state index in [2.05, 4.69) is 5.32 Å². The van der Waals surface area contributed by atoms with Gasteiger partial charge in [-0.05, 0) is 62.6 Å². The predicted molar refractivity (Wildman–Crippen MR) is 157 cm³/mol. The average Bonchev–Trinajstić information content (AvgIpc) is 3.36. The Morgan fingerprint density at radius 3 is 2.27 bits per heavy atom. The Labute approximate surface area is 241 Å². The van der Waals surface area contributed by atoms with Crippen LogP contribution in [0.15, 0.2) is 89.9 Å². The first-order chi connectivity index (χ1) is 19.7. The van der Waals surface area contributed by atoms with Gasteiger partial charge in [0.05, 0.1) is 6.61 Å². The molecule has 0 aliphatic carbocycles. The molecular formula is C33H38N2O6. The van der Waals surface area contributed by atoms with E-state index < -0.39 is 23.2 Å². The molecule has 0 spiro atoms. The van der Waals surface area contributed by atoms with Crippen molar-refractivity contribution in [2.45, 2.75) is 63.8 Å². The van der Waals surface area contributed by atoms with E-state index in [0.29, 0.717) is 36.8 Å². The minimum atomic E-state index is -1.42. The third-order valence-corrected chi connectivity index (χ3v) is 6.56. The van der Waals surface area contributed by atoms with Crippen molar-refractivity contribution in [3.63, 3.8) is 0 Å². The molecule has 1 heterocycles. The predicted octanol–water partition coefficient (Wildman–Crippen LogP) is 5.14. The molecule has 216 valence electrons. The van der Waals surface area contributed by atoms with Crippen LogP contribution in [0.4, 0.5) is 0 Å². The Hall–Kier alpha value is -4.17. The van der Waals surface area contributed by atoms with Crippen molar-refractivity contribution in [2.24, 2.45) is 4.99 Å². The molecule has 2 N–H and O–H groups in total. The number of aliphatic hydroxyl groups excluding tert-OH is 1. The summed E-state index contributed by atoms with van der Waals surface area (Å²) in [6, 6.07) is 26.3. The van der Waals surface area contributed by atoms with Gasteiger partial charge < -0.3 is 24.6 Å². The van der Waals surface area contributed by atoms with Crippen LogP contribution in [0, 0.1) is 0 Å². The number of ether oxygens (including phenoxy) is 3. The van der Waals surface area contributed by atoms with Crippen LogP contribution in [0.1, 0.15) is 62.8 Å². The highest BCUT2D eigenvalue weighted by atomic mass is 16.6. The molecule has 2 atom stereocenters. The van der Waals surface area contributed by atoms with Crippen molar-refractivity contribution in [1.29, 1.82) is 0 Å². The maximum absolute atomic E-state index is 14.1. The molecule has 3 aromatic carbocycles. The first-order valence-corrected chi connectivity index (χ1v) is 13.9. The molecule has 0 aromatic heterocycles. The number of amides is 1. The molecule has 3 aromatic rings. The lowest BCUT2D eigenvalue weighted by molar-refractivity contribution is -0.155. The summed E-state index contributed by atoms with van der Waals surface area (Å²) < 4.78 is 17.7. The smallest absolute Gasteiger partial charge is 0.306 e. The van der Waals surface area contributed by atoms with Gasteiger partial charge in [0.25, 0.3) is 5.91 Å². The SMILES string of the molecule is CC(C)(C)OC(=O)CC[C@]1(C(=O)NCc2ccccc2)N=C(c2ccc(OCCCO)cc2)O[C@H]1c1ccccc1. The van der Waals surface area contributed by atoms with Crippen molar-refractivity contribution in [2.75, 3.05) is 13.2 Å². The van der Waals surface area contributed by atoms with Crippen LogP contribution in [-0.2, 0) is 25.6 Å². The third kappa shape index (κ3) is 7.95. The molecule has 0 unspecified atom stereocenters. The number of carbonyl (C=O) groups excluding carboxylic acids is 2. The first-order valence-electron chi connectivity index (χ1n) is 13.9. The van der Waals surface area contributed by atoms with Gasteiger partial charge in [0.2, 0.25) is 5.90 Å². The molecule has 0 radical (unpaired) electrons. The summed E-state index contributed by atoms with van der Waals surface area (Å²) in [6.07, 6.45) is -0.156. The summed E-state index contributed by atoms with van der Waals surface area (Å²) in [5.74, 6) is 0.210. The molecule has 4 rings (SSSR count). The number of nitrogens with zero attached hydrogens (tertiary/aromatic N) is 1. The van der Waals surface area contributed by atoms with Gasteiger partial charge in [0.15, 0.2) is 11.6 Å². The van der Waals surface area contributed by atoms with Crippen LogP contribution in [0.2, 0.25) is 0 Å². The van der Waals surface area contributed by atoms with Gasteiger partial charge in [0.1, 0.15) is 11.4 Å². The van der Waals surface area contributed by atoms with Crippen molar-refractivity contribution < 1.29 is 28.9 Å². The van der Waals surface area contributed by atoms with Gasteiger partial charge >= 0.3 is 5.97 Å². The van der Waals surface area contributed by atoms with E-state index >= 15 is 0 Å². The lowest BCUT2D eigenvalue weighted by Gasteiger charge is -2.31. The van der Waals surface area contributed by atoms with Gasteiger partial charge in [-0.1, -0.05) is 60.7 Å². The molecule has 1 aliphatic heterocycles. The topological polar surface area (TPSA) is 106 Å². The molecule has 1 amide bonds. The minimum absolute atomic E-state index is 0.0167. The monoisotopic (exact) mass is 558 g/mol. The maximum atomic E-state index is 14.1. The Morgan fingerprint density at radius 2 is 1.63 bits per heavy atom. The molecule has 8 nitrogen and oxygen atoms in total. The number of benzene rings is 3. The summed E-state index contributed by atoms with van der Waals surface area (Å²) in [5, 5.41) is 12.1. The van der Waals surface area contributed by atoms with E-state index in [1.165, 1.54) is 0 Å². The average molecular weight is 559 g/mol. The molecular weight excluding hydrogens is 520 g/mol. The number of hydrogen-bond acceptors (Lipinski definition) is 7. The zero-order valence-electron chi connectivity index (χ0n) is 23.8. The van der Waals surface area contributed by atoms with E-state index in [1.807, 2.05) is 93.6 Å². The van der Waals surface area contributed by atoms with E-state index in [9.17, 15) is 9.59 Å². The molecule has 0 bridgehead atoms. The second-order valence-electron chi connectivity index (χ2n) is 11.0. The van der Waals surface area contributed by atoms with Crippen LogP contribution < -0.4 is 10.1 Å².